The molecule has 0 heterocycles. The lowest BCUT2D eigenvalue weighted by molar-refractivity contribution is -0.384. The van der Waals surface area contributed by atoms with E-state index in [9.17, 15) is 14.9 Å². The fraction of sp³-hybridized carbons (Fsp3) is 0. The second-order valence-corrected chi connectivity index (χ2v) is 6.29. The Balaban J connectivity index is 1.57. The van der Waals surface area contributed by atoms with Gasteiger partial charge in [-0.15, -0.1) is 0 Å². The van der Waals surface area contributed by atoms with Crippen molar-refractivity contribution in [3.63, 3.8) is 0 Å². The Morgan fingerprint density at radius 1 is 0.931 bits per heavy atom. The number of nitrogens with one attached hydrogen (secondary N) is 1. The zero-order chi connectivity index (χ0) is 20.6. The number of carbonyl (C=O) groups excluding carboxylic acids is 1. The Bertz CT molecular complexity index is 1080. The highest BCUT2D eigenvalue weighted by atomic mass is 35.5. The topological polar surface area (TPSA) is 97.0 Å². The fourth-order valence-corrected chi connectivity index (χ4v) is 2.52. The lowest BCUT2D eigenvalue weighted by atomic mass is 10.1. The maximum atomic E-state index is 12.0. The SMILES string of the molecule is O=C(N/N=C/c1ccc(C=Nc2ccccc2Cl)cc1)c1ccc([N+](=O)[O-])cc1. The van der Waals surface area contributed by atoms with Gasteiger partial charge in [-0.1, -0.05) is 48.0 Å². The van der Waals surface area contributed by atoms with Crippen molar-refractivity contribution in [2.75, 3.05) is 0 Å². The summed E-state index contributed by atoms with van der Waals surface area (Å²) in [5.74, 6) is -0.459. The number of carbonyl (C=O) groups is 1. The van der Waals surface area contributed by atoms with Gasteiger partial charge in [0.05, 0.1) is 21.8 Å². The van der Waals surface area contributed by atoms with Gasteiger partial charge < -0.3 is 0 Å². The van der Waals surface area contributed by atoms with E-state index in [-0.39, 0.29) is 11.3 Å². The van der Waals surface area contributed by atoms with Crippen molar-refractivity contribution < 1.29 is 9.72 Å². The summed E-state index contributed by atoms with van der Waals surface area (Å²) >= 11 is 6.07. The first-order chi connectivity index (χ1) is 14.0. The molecule has 3 aromatic carbocycles. The van der Waals surface area contributed by atoms with Gasteiger partial charge in [-0.3, -0.25) is 19.9 Å². The molecular formula is C21H15ClN4O3. The summed E-state index contributed by atoms with van der Waals surface area (Å²) < 4.78 is 0. The lowest BCUT2D eigenvalue weighted by Gasteiger charge is -2.00. The number of hydrazone groups is 1. The third-order valence-corrected chi connectivity index (χ3v) is 4.18. The van der Waals surface area contributed by atoms with Crippen molar-refractivity contribution in [3.8, 4) is 0 Å². The molecule has 0 aliphatic carbocycles. The zero-order valence-corrected chi connectivity index (χ0v) is 15.8. The van der Waals surface area contributed by atoms with Crippen LogP contribution in [0.2, 0.25) is 5.02 Å². The molecule has 0 atom stereocenters. The summed E-state index contributed by atoms with van der Waals surface area (Å²) in [7, 11) is 0. The van der Waals surface area contributed by atoms with Crippen LogP contribution in [-0.2, 0) is 0 Å². The molecule has 0 fully saturated rings. The Labute approximate surface area is 171 Å². The third kappa shape index (κ3) is 5.57. The molecule has 3 aromatic rings. The number of para-hydroxylation sites is 1. The van der Waals surface area contributed by atoms with E-state index in [0.717, 1.165) is 11.1 Å². The van der Waals surface area contributed by atoms with Crippen LogP contribution in [-0.4, -0.2) is 23.3 Å². The van der Waals surface area contributed by atoms with Crippen molar-refractivity contribution in [1.29, 1.82) is 0 Å². The first kappa shape index (κ1) is 19.9. The Hall–Kier alpha value is -3.84. The monoisotopic (exact) mass is 406 g/mol. The quantitative estimate of drug-likeness (QED) is 0.363. The normalized spacial score (nSPS) is 11.1. The summed E-state index contributed by atoms with van der Waals surface area (Å²) in [6, 6.07) is 20.0. The van der Waals surface area contributed by atoms with E-state index in [0.29, 0.717) is 10.7 Å². The molecule has 0 radical (unpaired) electrons. The van der Waals surface area contributed by atoms with Gasteiger partial charge in [-0.05, 0) is 35.4 Å². The number of amides is 1. The third-order valence-electron chi connectivity index (χ3n) is 3.86. The van der Waals surface area contributed by atoms with E-state index < -0.39 is 10.8 Å². The van der Waals surface area contributed by atoms with E-state index in [1.807, 2.05) is 42.5 Å². The molecule has 7 nitrogen and oxygen atoms in total. The van der Waals surface area contributed by atoms with Gasteiger partial charge in [0.1, 0.15) is 0 Å². The highest BCUT2D eigenvalue weighted by molar-refractivity contribution is 6.33. The molecule has 29 heavy (non-hydrogen) atoms. The summed E-state index contributed by atoms with van der Waals surface area (Å²) in [4.78, 5) is 26.5. The molecule has 0 saturated carbocycles. The average Bonchev–Trinajstić information content (AvgIpc) is 2.74. The van der Waals surface area contributed by atoms with Gasteiger partial charge in [0, 0.05) is 23.9 Å². The molecule has 0 spiro atoms. The number of hydrogen-bond donors (Lipinski definition) is 1. The molecule has 3 rings (SSSR count). The molecule has 0 aliphatic heterocycles. The molecular weight excluding hydrogens is 392 g/mol. The van der Waals surface area contributed by atoms with Crippen LogP contribution in [0.4, 0.5) is 11.4 Å². The number of nitro groups is 1. The van der Waals surface area contributed by atoms with E-state index in [1.54, 1.807) is 12.3 Å². The van der Waals surface area contributed by atoms with Crippen molar-refractivity contribution in [2.45, 2.75) is 0 Å². The van der Waals surface area contributed by atoms with Gasteiger partial charge >= 0.3 is 0 Å². The number of hydrogen-bond acceptors (Lipinski definition) is 5. The van der Waals surface area contributed by atoms with Crippen molar-refractivity contribution in [1.82, 2.24) is 5.43 Å². The average molecular weight is 407 g/mol. The minimum absolute atomic E-state index is 0.0804. The molecule has 0 bridgehead atoms. The first-order valence-corrected chi connectivity index (χ1v) is 8.87. The number of non-ortho nitro benzene ring substituents is 1. The van der Waals surface area contributed by atoms with E-state index in [4.69, 9.17) is 11.6 Å². The first-order valence-electron chi connectivity index (χ1n) is 8.49. The van der Waals surface area contributed by atoms with Gasteiger partial charge in [0.2, 0.25) is 0 Å². The predicted molar refractivity (Wildman–Crippen MR) is 113 cm³/mol. The molecule has 0 aromatic heterocycles. The Morgan fingerprint density at radius 3 is 2.17 bits per heavy atom. The van der Waals surface area contributed by atoms with E-state index in [2.05, 4.69) is 15.5 Å². The zero-order valence-electron chi connectivity index (χ0n) is 15.0. The predicted octanol–water partition coefficient (Wildman–Crippen LogP) is 4.76. The number of benzene rings is 3. The van der Waals surface area contributed by atoms with Crippen LogP contribution in [0.3, 0.4) is 0 Å². The summed E-state index contributed by atoms with van der Waals surface area (Å²) in [6.07, 6.45) is 3.21. The molecule has 1 N–H and O–H groups in total. The second kappa shape index (κ2) is 9.38. The maximum absolute atomic E-state index is 12.0. The van der Waals surface area contributed by atoms with Gasteiger partial charge in [-0.25, -0.2) is 5.43 Å². The molecule has 1 amide bonds. The van der Waals surface area contributed by atoms with Crippen LogP contribution in [0.15, 0.2) is 82.9 Å². The molecule has 144 valence electrons. The molecule has 8 heteroatoms. The Morgan fingerprint density at radius 2 is 1.55 bits per heavy atom. The van der Waals surface area contributed by atoms with E-state index >= 15 is 0 Å². The number of aliphatic imine (C=N–C) groups is 1. The molecule has 0 saturated heterocycles. The largest absolute Gasteiger partial charge is 0.271 e. The Kier molecular flexibility index (Phi) is 6.44. The number of rotatable bonds is 6. The highest BCUT2D eigenvalue weighted by Crippen LogP contribution is 2.23. The van der Waals surface area contributed by atoms with Crippen molar-refractivity contribution in [3.05, 3.63) is 105 Å². The smallest absolute Gasteiger partial charge is 0.267 e. The van der Waals surface area contributed by atoms with Crippen LogP contribution in [0.5, 0.6) is 0 Å². The van der Waals surface area contributed by atoms with Crippen molar-refractivity contribution in [2.24, 2.45) is 10.1 Å². The summed E-state index contributed by atoms with van der Waals surface area (Å²) in [6.45, 7) is 0. The van der Waals surface area contributed by atoms with Crippen LogP contribution in [0.1, 0.15) is 21.5 Å². The van der Waals surface area contributed by atoms with Crippen LogP contribution in [0.25, 0.3) is 0 Å². The minimum Gasteiger partial charge on any atom is -0.267 e. The van der Waals surface area contributed by atoms with Crippen LogP contribution in [0, 0.1) is 10.1 Å². The summed E-state index contributed by atoms with van der Waals surface area (Å²) in [5.41, 5.74) is 4.94. The number of nitrogens with zero attached hydrogens (tertiary/aromatic N) is 3. The van der Waals surface area contributed by atoms with Gasteiger partial charge in [0.15, 0.2) is 0 Å². The maximum Gasteiger partial charge on any atom is 0.271 e. The number of halogens is 1. The molecule has 0 unspecified atom stereocenters. The number of nitro benzene ring substituents is 1. The van der Waals surface area contributed by atoms with Gasteiger partial charge in [0.25, 0.3) is 11.6 Å². The van der Waals surface area contributed by atoms with Gasteiger partial charge in [-0.2, -0.15) is 5.10 Å². The lowest BCUT2D eigenvalue weighted by Crippen LogP contribution is -2.17. The van der Waals surface area contributed by atoms with E-state index in [1.165, 1.54) is 30.5 Å². The van der Waals surface area contributed by atoms with Crippen molar-refractivity contribution >= 4 is 41.3 Å². The highest BCUT2D eigenvalue weighted by Gasteiger charge is 2.08. The fourth-order valence-electron chi connectivity index (χ4n) is 2.33. The summed E-state index contributed by atoms with van der Waals surface area (Å²) in [5, 5.41) is 15.1. The molecule has 0 aliphatic rings. The van der Waals surface area contributed by atoms with Crippen LogP contribution >= 0.6 is 11.6 Å². The minimum atomic E-state index is -0.525. The standard InChI is InChI=1S/C21H15ClN4O3/c22-19-3-1-2-4-20(19)23-13-15-5-7-16(8-6-15)14-24-25-21(27)17-9-11-18(12-10-17)26(28)29/h1-14H,(H,25,27)/b23-13?,24-14+. The van der Waals surface area contributed by atoms with Crippen LogP contribution < -0.4 is 5.43 Å². The second-order valence-electron chi connectivity index (χ2n) is 5.88.